The van der Waals surface area contributed by atoms with Crippen molar-refractivity contribution in [3.63, 3.8) is 0 Å². The van der Waals surface area contributed by atoms with Gasteiger partial charge in [-0.2, -0.15) is 22.1 Å². The molecule has 86 valence electrons. The van der Waals surface area contributed by atoms with Gasteiger partial charge in [0.1, 0.15) is 6.07 Å². The third-order valence-corrected chi connectivity index (χ3v) is 2.86. The van der Waals surface area contributed by atoms with Crippen molar-refractivity contribution >= 4 is 17.6 Å². The van der Waals surface area contributed by atoms with Gasteiger partial charge in [-0.3, -0.25) is 0 Å². The van der Waals surface area contributed by atoms with Gasteiger partial charge in [0.15, 0.2) is 5.82 Å². The third kappa shape index (κ3) is 4.49. The van der Waals surface area contributed by atoms with E-state index in [2.05, 4.69) is 27.8 Å². The van der Waals surface area contributed by atoms with Crippen LogP contribution in [0.3, 0.4) is 0 Å². The standard InChI is InChI=1S/C11H16N4S/c1-16-8-4-2-3-6-13-11-10(9-12)5-7-14-15-11/h5,7H,2-4,6,8H2,1H3,(H,13,15). The molecule has 1 heterocycles. The number of rotatable bonds is 7. The Morgan fingerprint density at radius 2 is 2.31 bits per heavy atom. The second kappa shape index (κ2) is 7.94. The molecule has 0 aliphatic carbocycles. The summed E-state index contributed by atoms with van der Waals surface area (Å²) in [5.41, 5.74) is 0.555. The molecule has 0 saturated carbocycles. The minimum Gasteiger partial charge on any atom is -0.367 e. The molecule has 0 unspecified atom stereocenters. The van der Waals surface area contributed by atoms with E-state index in [-0.39, 0.29) is 0 Å². The average molecular weight is 236 g/mol. The lowest BCUT2D eigenvalue weighted by atomic mass is 10.2. The van der Waals surface area contributed by atoms with Crippen LogP contribution < -0.4 is 5.32 Å². The predicted octanol–water partition coefficient (Wildman–Crippen LogP) is 2.29. The topological polar surface area (TPSA) is 61.6 Å². The van der Waals surface area contributed by atoms with Crippen LogP contribution >= 0.6 is 11.8 Å². The van der Waals surface area contributed by atoms with Crippen molar-refractivity contribution in [1.29, 1.82) is 5.26 Å². The summed E-state index contributed by atoms with van der Waals surface area (Å²) in [4.78, 5) is 0. The van der Waals surface area contributed by atoms with Crippen molar-refractivity contribution in [2.24, 2.45) is 0 Å². The van der Waals surface area contributed by atoms with E-state index in [1.807, 2.05) is 11.8 Å². The highest BCUT2D eigenvalue weighted by Crippen LogP contribution is 2.09. The maximum absolute atomic E-state index is 8.83. The highest BCUT2D eigenvalue weighted by Gasteiger charge is 2.01. The van der Waals surface area contributed by atoms with Crippen LogP contribution in [0.2, 0.25) is 0 Å². The van der Waals surface area contributed by atoms with E-state index < -0.39 is 0 Å². The van der Waals surface area contributed by atoms with Gasteiger partial charge in [-0.15, -0.1) is 5.10 Å². The molecule has 0 aliphatic rings. The molecule has 1 aromatic rings. The molecule has 4 nitrogen and oxygen atoms in total. The number of nitriles is 1. The summed E-state index contributed by atoms with van der Waals surface area (Å²) in [5, 5.41) is 19.6. The first kappa shape index (κ1) is 12.8. The second-order valence-corrected chi connectivity index (χ2v) is 4.37. The van der Waals surface area contributed by atoms with E-state index in [0.29, 0.717) is 11.4 Å². The lowest BCUT2D eigenvalue weighted by Gasteiger charge is -2.05. The summed E-state index contributed by atoms with van der Waals surface area (Å²) in [6.45, 7) is 0.849. The van der Waals surface area contributed by atoms with Crippen molar-refractivity contribution in [3.05, 3.63) is 17.8 Å². The lowest BCUT2D eigenvalue weighted by molar-refractivity contribution is 0.746. The van der Waals surface area contributed by atoms with Crippen molar-refractivity contribution in [3.8, 4) is 6.07 Å². The summed E-state index contributed by atoms with van der Waals surface area (Å²) in [6.07, 6.45) is 7.20. The molecule has 1 rings (SSSR count). The van der Waals surface area contributed by atoms with Gasteiger partial charge in [0, 0.05) is 6.54 Å². The first-order chi connectivity index (χ1) is 7.88. The highest BCUT2D eigenvalue weighted by atomic mass is 32.2. The van der Waals surface area contributed by atoms with E-state index >= 15 is 0 Å². The van der Waals surface area contributed by atoms with Gasteiger partial charge < -0.3 is 5.32 Å². The Morgan fingerprint density at radius 3 is 3.06 bits per heavy atom. The maximum atomic E-state index is 8.83. The van der Waals surface area contributed by atoms with Crippen LogP contribution in [0, 0.1) is 11.3 Å². The van der Waals surface area contributed by atoms with Gasteiger partial charge in [-0.25, -0.2) is 0 Å². The average Bonchev–Trinajstić information content (AvgIpc) is 2.34. The summed E-state index contributed by atoms with van der Waals surface area (Å²) >= 11 is 1.88. The molecule has 1 aromatic heterocycles. The Balaban J connectivity index is 2.24. The fourth-order valence-electron chi connectivity index (χ4n) is 1.31. The Kier molecular flexibility index (Phi) is 6.35. The number of nitrogens with one attached hydrogen (secondary N) is 1. The van der Waals surface area contributed by atoms with E-state index in [9.17, 15) is 0 Å². The van der Waals surface area contributed by atoms with Crippen molar-refractivity contribution in [2.75, 3.05) is 23.9 Å². The van der Waals surface area contributed by atoms with Crippen LogP contribution in [-0.4, -0.2) is 28.8 Å². The lowest BCUT2D eigenvalue weighted by Crippen LogP contribution is -2.06. The molecule has 0 atom stereocenters. The van der Waals surface area contributed by atoms with Gasteiger partial charge in [-0.05, 0) is 30.9 Å². The normalized spacial score (nSPS) is 9.75. The predicted molar refractivity (Wildman–Crippen MR) is 67.5 cm³/mol. The number of unbranched alkanes of at least 4 members (excludes halogenated alkanes) is 2. The molecule has 5 heteroatoms. The van der Waals surface area contributed by atoms with Crippen molar-refractivity contribution < 1.29 is 0 Å². The molecule has 16 heavy (non-hydrogen) atoms. The molecular weight excluding hydrogens is 220 g/mol. The molecule has 0 saturated heterocycles. The molecule has 1 N–H and O–H groups in total. The molecule has 0 bridgehead atoms. The summed E-state index contributed by atoms with van der Waals surface area (Å²) in [7, 11) is 0. The smallest absolute Gasteiger partial charge is 0.166 e. The molecule has 0 aliphatic heterocycles. The fraction of sp³-hybridized carbons (Fsp3) is 0.545. The Hall–Kier alpha value is -1.28. The number of hydrogen-bond donors (Lipinski definition) is 1. The Labute approximate surface area is 100 Å². The summed E-state index contributed by atoms with van der Waals surface area (Å²) < 4.78 is 0. The molecule has 0 aromatic carbocycles. The zero-order chi connectivity index (χ0) is 11.6. The fourth-order valence-corrected chi connectivity index (χ4v) is 1.80. The largest absolute Gasteiger partial charge is 0.367 e. The minimum atomic E-state index is 0.555. The molecule has 0 spiro atoms. The zero-order valence-electron chi connectivity index (χ0n) is 9.44. The number of nitrogens with zero attached hydrogens (tertiary/aromatic N) is 3. The van der Waals surface area contributed by atoms with Crippen LogP contribution in [0.25, 0.3) is 0 Å². The highest BCUT2D eigenvalue weighted by molar-refractivity contribution is 7.98. The minimum absolute atomic E-state index is 0.555. The third-order valence-electron chi connectivity index (χ3n) is 2.16. The van der Waals surface area contributed by atoms with Crippen LogP contribution in [0.4, 0.5) is 5.82 Å². The second-order valence-electron chi connectivity index (χ2n) is 3.39. The van der Waals surface area contributed by atoms with Gasteiger partial charge in [0.05, 0.1) is 11.8 Å². The van der Waals surface area contributed by atoms with Crippen LogP contribution in [0.5, 0.6) is 0 Å². The van der Waals surface area contributed by atoms with E-state index in [1.54, 1.807) is 6.07 Å². The Morgan fingerprint density at radius 1 is 1.44 bits per heavy atom. The first-order valence-corrected chi connectivity index (χ1v) is 6.72. The van der Waals surface area contributed by atoms with Crippen molar-refractivity contribution in [2.45, 2.75) is 19.3 Å². The van der Waals surface area contributed by atoms with Crippen LogP contribution in [0.15, 0.2) is 12.3 Å². The molecular formula is C11H16N4S. The van der Waals surface area contributed by atoms with E-state index in [0.717, 1.165) is 13.0 Å². The Bertz CT molecular complexity index is 348. The monoisotopic (exact) mass is 236 g/mol. The van der Waals surface area contributed by atoms with E-state index in [1.165, 1.54) is 24.8 Å². The summed E-state index contributed by atoms with van der Waals surface area (Å²) in [5.74, 6) is 1.81. The SMILES string of the molecule is CSCCCCCNc1nnccc1C#N. The van der Waals surface area contributed by atoms with Crippen molar-refractivity contribution in [1.82, 2.24) is 10.2 Å². The van der Waals surface area contributed by atoms with Crippen LogP contribution in [-0.2, 0) is 0 Å². The van der Waals surface area contributed by atoms with Gasteiger partial charge >= 0.3 is 0 Å². The van der Waals surface area contributed by atoms with Crippen LogP contribution in [0.1, 0.15) is 24.8 Å². The molecule has 0 amide bonds. The van der Waals surface area contributed by atoms with Gasteiger partial charge in [-0.1, -0.05) is 6.42 Å². The maximum Gasteiger partial charge on any atom is 0.166 e. The number of thioether (sulfide) groups is 1. The molecule has 0 fully saturated rings. The number of anilines is 1. The first-order valence-electron chi connectivity index (χ1n) is 5.33. The quantitative estimate of drug-likeness (QED) is 0.736. The zero-order valence-corrected chi connectivity index (χ0v) is 10.3. The van der Waals surface area contributed by atoms with E-state index in [4.69, 9.17) is 5.26 Å². The number of hydrogen-bond acceptors (Lipinski definition) is 5. The number of aromatic nitrogens is 2. The molecule has 0 radical (unpaired) electrons. The van der Waals surface area contributed by atoms with Gasteiger partial charge in [0.25, 0.3) is 0 Å². The van der Waals surface area contributed by atoms with Gasteiger partial charge in [0.2, 0.25) is 0 Å². The summed E-state index contributed by atoms with van der Waals surface area (Å²) in [6, 6.07) is 3.76.